The fourth-order valence-corrected chi connectivity index (χ4v) is 3.52. The third-order valence-corrected chi connectivity index (χ3v) is 5.79. The van der Waals surface area contributed by atoms with Gasteiger partial charge in [0.05, 0.1) is 17.2 Å². The number of halogens is 6. The van der Waals surface area contributed by atoms with Gasteiger partial charge in [-0.3, -0.25) is 9.59 Å². The Balaban J connectivity index is 1.64. The number of rotatable bonds is 7. The Morgan fingerprint density at radius 1 is 0.974 bits per heavy atom. The molecule has 4 rings (SSSR count). The van der Waals surface area contributed by atoms with Gasteiger partial charge in [0.2, 0.25) is 5.91 Å². The monoisotopic (exact) mass is 532 g/mol. The van der Waals surface area contributed by atoms with Crippen LogP contribution in [0.15, 0.2) is 54.6 Å². The highest BCUT2D eigenvalue weighted by Crippen LogP contribution is 2.45. The van der Waals surface area contributed by atoms with E-state index in [2.05, 4.69) is 15.6 Å². The summed E-state index contributed by atoms with van der Waals surface area (Å²) in [7, 11) is 0. The molecule has 0 unspecified atom stereocenters. The van der Waals surface area contributed by atoms with Crippen LogP contribution >= 0.6 is 0 Å². The summed E-state index contributed by atoms with van der Waals surface area (Å²) in [5.74, 6) is -8.56. The Hall–Kier alpha value is -4.40. The molecule has 0 bridgehead atoms. The number of hydrogen-bond acceptors (Lipinski definition) is 4. The second kappa shape index (κ2) is 10.2. The van der Waals surface area contributed by atoms with Gasteiger partial charge in [0.25, 0.3) is 5.91 Å². The number of nitriles is 1. The topological polar surface area (TPSA) is 94.9 Å². The van der Waals surface area contributed by atoms with E-state index in [9.17, 15) is 35.9 Å². The van der Waals surface area contributed by atoms with E-state index >= 15 is 0 Å². The fraction of sp³-hybridized carbons (Fsp3) is 0.231. The highest BCUT2D eigenvalue weighted by molar-refractivity contribution is 5.97. The van der Waals surface area contributed by atoms with Gasteiger partial charge in [-0.15, -0.1) is 0 Å². The first-order valence-corrected chi connectivity index (χ1v) is 11.2. The number of carbonyl (C=O) groups is 2. The maximum absolute atomic E-state index is 14.4. The molecule has 12 heteroatoms. The summed E-state index contributed by atoms with van der Waals surface area (Å²) in [5.41, 5.74) is -1.03. The Morgan fingerprint density at radius 3 is 2.24 bits per heavy atom. The third kappa shape index (κ3) is 5.77. The number of alkyl halides is 5. The van der Waals surface area contributed by atoms with Crippen molar-refractivity contribution >= 4 is 17.6 Å². The first-order chi connectivity index (χ1) is 17.9. The van der Waals surface area contributed by atoms with E-state index in [4.69, 9.17) is 5.26 Å². The van der Waals surface area contributed by atoms with Crippen LogP contribution in [0.25, 0.3) is 11.1 Å². The molecular weight excluding hydrogens is 514 g/mol. The van der Waals surface area contributed by atoms with Gasteiger partial charge in [0.1, 0.15) is 17.3 Å². The van der Waals surface area contributed by atoms with Crippen LogP contribution in [-0.4, -0.2) is 23.0 Å². The minimum Gasteiger partial charge on any atom is -0.347 e. The summed E-state index contributed by atoms with van der Waals surface area (Å²) in [5, 5.41) is 14.0. The maximum Gasteiger partial charge on any atom is 0.458 e. The van der Waals surface area contributed by atoms with Gasteiger partial charge in [-0.2, -0.15) is 27.2 Å². The Bertz CT molecular complexity index is 1430. The van der Waals surface area contributed by atoms with Crippen molar-refractivity contribution in [3.8, 4) is 17.2 Å². The zero-order chi connectivity index (χ0) is 27.7. The van der Waals surface area contributed by atoms with Gasteiger partial charge in [-0.25, -0.2) is 9.37 Å². The molecule has 0 radical (unpaired) electrons. The van der Waals surface area contributed by atoms with E-state index < -0.39 is 29.4 Å². The standard InChI is InChI=1S/C26H18F6N4O2/c27-20-9-17(7-8-19(20)25(28,29)26(30,31)32)18-10-21(35-22(11-18)36-23(37)16-5-6-16)24(38)34-13-15-3-1-14(12-33)2-4-15/h1-4,7-11,16H,5-6,13H2,(H,34,38)(H,35,36,37). The number of hydrogen-bond donors (Lipinski definition) is 2. The number of pyridine rings is 1. The van der Waals surface area contributed by atoms with E-state index in [-0.39, 0.29) is 41.0 Å². The average Bonchev–Trinajstić information content (AvgIpc) is 3.72. The van der Waals surface area contributed by atoms with Gasteiger partial charge in [0.15, 0.2) is 0 Å². The molecule has 2 amide bonds. The second-order valence-corrected chi connectivity index (χ2v) is 8.65. The SMILES string of the molecule is N#Cc1ccc(CNC(=O)c2cc(-c3ccc(C(F)(F)C(F)(F)F)c(F)c3)cc(NC(=O)C3CC3)n2)cc1. The fourth-order valence-electron chi connectivity index (χ4n) is 3.52. The lowest BCUT2D eigenvalue weighted by atomic mass is 10.00. The molecule has 1 aromatic heterocycles. The largest absolute Gasteiger partial charge is 0.458 e. The van der Waals surface area contributed by atoms with Gasteiger partial charge in [-0.05, 0) is 65.9 Å². The number of benzene rings is 2. The molecule has 0 spiro atoms. The molecule has 1 aliphatic rings. The molecule has 2 N–H and O–H groups in total. The maximum atomic E-state index is 14.4. The van der Waals surface area contributed by atoms with Crippen molar-refractivity contribution in [2.24, 2.45) is 5.92 Å². The van der Waals surface area contributed by atoms with Gasteiger partial charge in [-0.1, -0.05) is 18.2 Å². The molecule has 0 aliphatic heterocycles. The molecule has 38 heavy (non-hydrogen) atoms. The summed E-state index contributed by atoms with van der Waals surface area (Å²) in [6.45, 7) is 0.0517. The number of nitrogens with zero attached hydrogens (tertiary/aromatic N) is 2. The lowest BCUT2D eigenvalue weighted by Crippen LogP contribution is -2.34. The Labute approximate surface area is 212 Å². The van der Waals surface area contributed by atoms with Crippen molar-refractivity contribution in [3.63, 3.8) is 0 Å². The van der Waals surface area contributed by atoms with Gasteiger partial charge in [0, 0.05) is 12.5 Å². The molecule has 2 aromatic carbocycles. The van der Waals surface area contributed by atoms with Crippen LogP contribution in [0, 0.1) is 23.1 Å². The summed E-state index contributed by atoms with van der Waals surface area (Å²) in [4.78, 5) is 29.2. The molecular formula is C26H18F6N4O2. The van der Waals surface area contributed by atoms with Crippen molar-refractivity contribution in [1.82, 2.24) is 10.3 Å². The van der Waals surface area contributed by atoms with E-state index in [0.717, 1.165) is 6.07 Å². The summed E-state index contributed by atoms with van der Waals surface area (Å²) in [6, 6.07) is 12.5. The quantitative estimate of drug-likeness (QED) is 0.382. The third-order valence-electron chi connectivity index (χ3n) is 5.79. The van der Waals surface area contributed by atoms with Crippen LogP contribution in [0.4, 0.5) is 32.2 Å². The molecule has 1 aliphatic carbocycles. The molecule has 1 heterocycles. The van der Waals surface area contributed by atoms with E-state index in [1.807, 2.05) is 6.07 Å². The lowest BCUT2D eigenvalue weighted by Gasteiger charge is -2.20. The minimum atomic E-state index is -5.99. The molecule has 3 aromatic rings. The molecule has 6 nitrogen and oxygen atoms in total. The molecule has 1 saturated carbocycles. The summed E-state index contributed by atoms with van der Waals surface area (Å²) < 4.78 is 80.0. The Morgan fingerprint density at radius 2 is 1.66 bits per heavy atom. The molecule has 0 saturated heterocycles. The van der Waals surface area contributed by atoms with E-state index in [1.54, 1.807) is 24.3 Å². The first kappa shape index (κ1) is 26.7. The van der Waals surface area contributed by atoms with Crippen LogP contribution in [0.3, 0.4) is 0 Å². The second-order valence-electron chi connectivity index (χ2n) is 8.65. The smallest absolute Gasteiger partial charge is 0.347 e. The summed E-state index contributed by atoms with van der Waals surface area (Å²) >= 11 is 0. The van der Waals surface area contributed by atoms with Crippen molar-refractivity contribution in [2.45, 2.75) is 31.5 Å². The molecule has 1 fully saturated rings. The number of carbonyl (C=O) groups excluding carboxylic acids is 2. The predicted molar refractivity (Wildman–Crippen MR) is 123 cm³/mol. The van der Waals surface area contributed by atoms with Crippen molar-refractivity contribution in [1.29, 1.82) is 5.26 Å². The van der Waals surface area contributed by atoms with Gasteiger partial charge >= 0.3 is 12.1 Å². The predicted octanol–water partition coefficient (Wildman–Crippen LogP) is 5.69. The van der Waals surface area contributed by atoms with Crippen LogP contribution in [0.2, 0.25) is 0 Å². The zero-order valence-electron chi connectivity index (χ0n) is 19.4. The molecule has 0 atom stereocenters. The summed E-state index contributed by atoms with van der Waals surface area (Å²) in [6.07, 6.45) is -4.65. The number of aromatic nitrogens is 1. The van der Waals surface area contributed by atoms with E-state index in [0.29, 0.717) is 36.1 Å². The number of nitrogens with one attached hydrogen (secondary N) is 2. The highest BCUT2D eigenvalue weighted by atomic mass is 19.4. The highest BCUT2D eigenvalue weighted by Gasteiger charge is 2.59. The van der Waals surface area contributed by atoms with Crippen LogP contribution in [-0.2, 0) is 17.3 Å². The minimum absolute atomic E-state index is 0.0513. The van der Waals surface area contributed by atoms with Crippen LogP contribution in [0.1, 0.15) is 40.0 Å². The average molecular weight is 532 g/mol. The first-order valence-electron chi connectivity index (χ1n) is 11.2. The van der Waals surface area contributed by atoms with Crippen LogP contribution in [0.5, 0.6) is 0 Å². The zero-order valence-corrected chi connectivity index (χ0v) is 19.4. The number of anilines is 1. The number of amides is 2. The van der Waals surface area contributed by atoms with E-state index in [1.165, 1.54) is 12.1 Å². The lowest BCUT2D eigenvalue weighted by molar-refractivity contribution is -0.290. The van der Waals surface area contributed by atoms with Crippen molar-refractivity contribution in [2.75, 3.05) is 5.32 Å². The van der Waals surface area contributed by atoms with Crippen LogP contribution < -0.4 is 10.6 Å². The van der Waals surface area contributed by atoms with Crippen molar-refractivity contribution in [3.05, 3.63) is 82.8 Å². The Kier molecular flexibility index (Phi) is 7.13. The van der Waals surface area contributed by atoms with Gasteiger partial charge < -0.3 is 10.6 Å². The molecule has 196 valence electrons. The van der Waals surface area contributed by atoms with Crippen molar-refractivity contribution < 1.29 is 35.9 Å². The normalized spacial score (nSPS) is 13.5.